The van der Waals surface area contributed by atoms with Gasteiger partial charge >= 0.3 is 0 Å². The molecule has 4 atom stereocenters. The summed E-state index contributed by atoms with van der Waals surface area (Å²) in [5.74, 6) is 0.824. The molecule has 4 nitrogen and oxygen atoms in total. The monoisotopic (exact) mass is 259 g/mol. The Hall–Kier alpha value is -1.39. The van der Waals surface area contributed by atoms with E-state index in [-0.39, 0.29) is 18.0 Å². The van der Waals surface area contributed by atoms with E-state index in [0.29, 0.717) is 18.4 Å². The summed E-state index contributed by atoms with van der Waals surface area (Å²) in [4.78, 5) is 11.9. The maximum Gasteiger partial charge on any atom is 0.221 e. The van der Waals surface area contributed by atoms with Crippen molar-refractivity contribution in [2.24, 2.45) is 5.92 Å². The van der Waals surface area contributed by atoms with E-state index < -0.39 is 0 Å². The number of amides is 1. The highest BCUT2D eigenvalue weighted by Gasteiger charge is 2.44. The molecule has 0 aliphatic carbocycles. The second kappa shape index (κ2) is 4.62. The van der Waals surface area contributed by atoms with E-state index in [1.807, 2.05) is 0 Å². The normalized spacial score (nSPS) is 33.9. The second-order valence-electron chi connectivity index (χ2n) is 5.87. The molecule has 0 radical (unpaired) electrons. The Morgan fingerprint density at radius 3 is 2.79 bits per heavy atom. The van der Waals surface area contributed by atoms with E-state index in [1.54, 1.807) is 0 Å². The molecule has 3 rings (SSSR count). The Bertz CT molecular complexity index is 514. The second-order valence-corrected chi connectivity index (χ2v) is 5.87. The zero-order chi connectivity index (χ0) is 13.6. The van der Waals surface area contributed by atoms with Crippen LogP contribution in [0.5, 0.6) is 0 Å². The number of hydrogen-bond donors (Lipinski definition) is 3. The topological polar surface area (TPSA) is 53.2 Å². The Morgan fingerprint density at radius 2 is 2.00 bits per heavy atom. The average molecular weight is 259 g/mol. The highest BCUT2D eigenvalue weighted by atomic mass is 16.2. The molecule has 0 spiro atoms. The van der Waals surface area contributed by atoms with Gasteiger partial charge in [-0.05, 0) is 31.9 Å². The lowest BCUT2D eigenvalue weighted by Crippen LogP contribution is -2.52. The third kappa shape index (κ3) is 2.15. The summed E-state index contributed by atoms with van der Waals surface area (Å²) in [5.41, 5.74) is 10.3. The Kier molecular flexibility index (Phi) is 3.07. The number of rotatable bonds is 1. The molecule has 0 aromatic heterocycles. The van der Waals surface area contributed by atoms with Gasteiger partial charge in [-0.3, -0.25) is 10.2 Å². The van der Waals surface area contributed by atoms with Crippen LogP contribution in [0.4, 0.5) is 0 Å². The van der Waals surface area contributed by atoms with Crippen LogP contribution >= 0.6 is 0 Å². The molecule has 0 saturated carbocycles. The zero-order valence-electron chi connectivity index (χ0n) is 11.7. The number of nitrogens with one attached hydrogen (secondary N) is 3. The molecule has 0 bridgehead atoms. The molecule has 2 aliphatic heterocycles. The lowest BCUT2D eigenvalue weighted by Gasteiger charge is -2.36. The molecule has 2 aliphatic rings. The molecule has 1 amide bonds. The summed E-state index contributed by atoms with van der Waals surface area (Å²) in [5, 5.41) is 3.03. The van der Waals surface area contributed by atoms with Gasteiger partial charge in [0.25, 0.3) is 0 Å². The summed E-state index contributed by atoms with van der Waals surface area (Å²) >= 11 is 0. The minimum atomic E-state index is 0.0427. The molecule has 1 aromatic carbocycles. The summed E-state index contributed by atoms with van der Waals surface area (Å²) in [7, 11) is 0. The van der Waals surface area contributed by atoms with Crippen molar-refractivity contribution in [3.8, 4) is 0 Å². The van der Waals surface area contributed by atoms with Crippen molar-refractivity contribution in [3.63, 3.8) is 0 Å². The Labute approximate surface area is 113 Å². The number of aryl methyl sites for hydroxylation is 2. The molecule has 4 unspecified atom stereocenters. The maximum absolute atomic E-state index is 11.9. The number of fused-ring (bicyclic) bond motifs is 1. The van der Waals surface area contributed by atoms with Gasteiger partial charge in [0.1, 0.15) is 0 Å². The minimum absolute atomic E-state index is 0.0427. The molecule has 2 saturated heterocycles. The highest BCUT2D eigenvalue weighted by Crippen LogP contribution is 2.38. The first-order valence-electron chi connectivity index (χ1n) is 6.94. The van der Waals surface area contributed by atoms with E-state index in [0.717, 1.165) is 0 Å². The van der Waals surface area contributed by atoms with Gasteiger partial charge in [0, 0.05) is 24.3 Å². The number of benzene rings is 1. The van der Waals surface area contributed by atoms with Gasteiger partial charge in [-0.1, -0.05) is 23.8 Å². The van der Waals surface area contributed by atoms with E-state index in [1.165, 1.54) is 16.7 Å². The zero-order valence-corrected chi connectivity index (χ0v) is 11.7. The van der Waals surface area contributed by atoms with Gasteiger partial charge in [0.15, 0.2) is 0 Å². The average Bonchev–Trinajstić information content (AvgIpc) is 2.73. The fourth-order valence-corrected chi connectivity index (χ4v) is 3.46. The predicted octanol–water partition coefficient (Wildman–Crippen LogP) is 1.35. The van der Waals surface area contributed by atoms with Gasteiger partial charge < -0.3 is 5.32 Å². The van der Waals surface area contributed by atoms with Crippen LogP contribution in [-0.4, -0.2) is 18.1 Å². The lowest BCUT2D eigenvalue weighted by atomic mass is 9.75. The van der Waals surface area contributed by atoms with Crippen molar-refractivity contribution in [2.75, 3.05) is 0 Å². The molecule has 102 valence electrons. The molecular formula is C15H21N3O. The molecule has 3 N–H and O–H groups in total. The SMILES string of the molecule is Cc1ccc(C)c(C2CC(=O)NC3NNC(C)C32)c1. The first kappa shape index (κ1) is 12.6. The van der Waals surface area contributed by atoms with Crippen LogP contribution in [0.15, 0.2) is 18.2 Å². The third-order valence-corrected chi connectivity index (χ3v) is 4.45. The number of carbonyl (C=O) groups is 1. The first-order valence-corrected chi connectivity index (χ1v) is 6.94. The fourth-order valence-electron chi connectivity index (χ4n) is 3.46. The van der Waals surface area contributed by atoms with Gasteiger partial charge in [0.2, 0.25) is 5.91 Å². The number of hydrazine groups is 1. The largest absolute Gasteiger partial charge is 0.339 e. The molecule has 2 fully saturated rings. The van der Waals surface area contributed by atoms with Crippen molar-refractivity contribution in [1.29, 1.82) is 0 Å². The quantitative estimate of drug-likeness (QED) is 0.713. The van der Waals surface area contributed by atoms with Crippen LogP contribution in [0.25, 0.3) is 0 Å². The van der Waals surface area contributed by atoms with Crippen molar-refractivity contribution in [1.82, 2.24) is 16.2 Å². The van der Waals surface area contributed by atoms with Gasteiger partial charge in [0.05, 0.1) is 6.17 Å². The van der Waals surface area contributed by atoms with Gasteiger partial charge in [-0.15, -0.1) is 0 Å². The van der Waals surface area contributed by atoms with Crippen LogP contribution in [-0.2, 0) is 4.79 Å². The van der Waals surface area contributed by atoms with E-state index >= 15 is 0 Å². The minimum Gasteiger partial charge on any atom is -0.339 e. The van der Waals surface area contributed by atoms with E-state index in [4.69, 9.17) is 0 Å². The number of carbonyl (C=O) groups excluding carboxylic acids is 1. The van der Waals surface area contributed by atoms with Crippen molar-refractivity contribution in [3.05, 3.63) is 34.9 Å². The number of hydrogen-bond acceptors (Lipinski definition) is 3. The van der Waals surface area contributed by atoms with Crippen LogP contribution in [0.1, 0.15) is 36.0 Å². The molecular weight excluding hydrogens is 238 g/mol. The summed E-state index contributed by atoms with van der Waals surface area (Å²) in [6.45, 7) is 6.42. The first-order chi connectivity index (χ1) is 9.06. The summed E-state index contributed by atoms with van der Waals surface area (Å²) in [6, 6.07) is 6.89. The molecule has 4 heteroatoms. The van der Waals surface area contributed by atoms with E-state index in [9.17, 15) is 4.79 Å². The van der Waals surface area contributed by atoms with Gasteiger partial charge in [-0.25, -0.2) is 5.43 Å². The van der Waals surface area contributed by atoms with Crippen LogP contribution in [0, 0.1) is 19.8 Å². The molecule has 19 heavy (non-hydrogen) atoms. The Morgan fingerprint density at radius 1 is 1.21 bits per heavy atom. The van der Waals surface area contributed by atoms with Crippen LogP contribution in [0.2, 0.25) is 0 Å². The highest BCUT2D eigenvalue weighted by molar-refractivity contribution is 5.78. The summed E-state index contributed by atoms with van der Waals surface area (Å²) < 4.78 is 0. The van der Waals surface area contributed by atoms with Crippen molar-refractivity contribution >= 4 is 5.91 Å². The van der Waals surface area contributed by atoms with Crippen LogP contribution in [0.3, 0.4) is 0 Å². The Balaban J connectivity index is 2.01. The lowest BCUT2D eigenvalue weighted by molar-refractivity contribution is -0.125. The third-order valence-electron chi connectivity index (χ3n) is 4.45. The van der Waals surface area contributed by atoms with Crippen LogP contribution < -0.4 is 16.2 Å². The molecule has 1 aromatic rings. The van der Waals surface area contributed by atoms with Crippen molar-refractivity contribution in [2.45, 2.75) is 45.3 Å². The van der Waals surface area contributed by atoms with Crippen molar-refractivity contribution < 1.29 is 4.79 Å². The smallest absolute Gasteiger partial charge is 0.221 e. The standard InChI is InChI=1S/C15H21N3O/c1-8-4-5-9(2)11(6-8)12-7-13(19)16-15-14(12)10(3)17-18-15/h4-6,10,12,14-15,17-18H,7H2,1-3H3,(H,16,19). The molecule has 2 heterocycles. The predicted molar refractivity (Wildman–Crippen MR) is 74.4 cm³/mol. The van der Waals surface area contributed by atoms with Gasteiger partial charge in [-0.2, -0.15) is 0 Å². The maximum atomic E-state index is 11.9. The van der Waals surface area contributed by atoms with E-state index in [2.05, 4.69) is 55.1 Å². The fraction of sp³-hybridized carbons (Fsp3) is 0.533. The number of piperidine rings is 1. The summed E-state index contributed by atoms with van der Waals surface area (Å²) in [6.07, 6.45) is 0.625.